The van der Waals surface area contributed by atoms with Gasteiger partial charge >= 0.3 is 46.9 Å². The zero-order chi connectivity index (χ0) is 85.0. The van der Waals surface area contributed by atoms with Crippen molar-refractivity contribution >= 4 is 151 Å². The van der Waals surface area contributed by atoms with E-state index < -0.39 is 169 Å². The van der Waals surface area contributed by atoms with Gasteiger partial charge in [0.25, 0.3) is 0 Å². The molecular formula is C54H92N14O36P6S2. The topological polar surface area (TPSA) is 761 Å². The van der Waals surface area contributed by atoms with Crippen LogP contribution in [-0.2, 0) is 111 Å². The van der Waals surface area contributed by atoms with Gasteiger partial charge in [-0.15, -0.1) is 0 Å². The Morgan fingerprint density at radius 2 is 0.938 bits per heavy atom. The minimum atomic E-state index is -5.56. The highest BCUT2D eigenvalue weighted by Crippen LogP contribution is 2.63. The molecule has 2 aliphatic heterocycles. The van der Waals surface area contributed by atoms with Crippen molar-refractivity contribution in [3.63, 3.8) is 0 Å². The van der Waals surface area contributed by atoms with Gasteiger partial charge in [0.1, 0.15) is 85.1 Å². The summed E-state index contributed by atoms with van der Waals surface area (Å²) in [5.41, 5.74) is 8.53. The quantitative estimate of drug-likeness (QED) is 0.0149. The molecule has 636 valence electrons. The van der Waals surface area contributed by atoms with E-state index in [0.29, 0.717) is 24.3 Å². The van der Waals surface area contributed by atoms with Crippen LogP contribution in [0, 0.1) is 10.8 Å². The third-order valence-electron chi connectivity index (χ3n) is 14.4. The number of rotatable bonds is 42. The van der Waals surface area contributed by atoms with Crippen LogP contribution in [-0.4, -0.2) is 258 Å². The zero-order valence-electron chi connectivity index (χ0n) is 60.9. The van der Waals surface area contributed by atoms with Crippen LogP contribution in [0.25, 0.3) is 22.3 Å². The second kappa shape index (κ2) is 45.8. The number of carbonyl (C=O) groups is 8. The van der Waals surface area contributed by atoms with Crippen molar-refractivity contribution < 1.29 is 171 Å². The van der Waals surface area contributed by atoms with Crippen LogP contribution >= 0.6 is 70.5 Å². The first-order valence-electron chi connectivity index (χ1n) is 32.8. The van der Waals surface area contributed by atoms with Gasteiger partial charge in [-0.25, -0.2) is 57.3 Å². The average Bonchev–Trinajstić information content (AvgIpc) is 1.62. The number of phosphoric acid groups is 6. The first kappa shape index (κ1) is 101. The van der Waals surface area contributed by atoms with E-state index >= 15 is 0 Å². The summed E-state index contributed by atoms with van der Waals surface area (Å²) in [6, 6.07) is 0. The zero-order valence-corrected chi connectivity index (χ0v) is 67.9. The third-order valence-corrected chi connectivity index (χ3v) is 22.4. The lowest BCUT2D eigenvalue weighted by molar-refractivity contribution is -0.137. The fourth-order valence-electron chi connectivity index (χ4n) is 9.01. The predicted octanol–water partition coefficient (Wildman–Crippen LogP) is -0.660. The second-order valence-corrected chi connectivity index (χ2v) is 35.5. The minimum Gasteiger partial charge on any atom is -0.386 e. The fourth-order valence-corrected chi connectivity index (χ4v) is 15.9. The van der Waals surface area contributed by atoms with Crippen molar-refractivity contribution in [1.29, 1.82) is 0 Å². The van der Waals surface area contributed by atoms with Gasteiger partial charge in [0.15, 0.2) is 45.6 Å². The first-order chi connectivity index (χ1) is 51.9. The summed E-state index contributed by atoms with van der Waals surface area (Å²) in [4.78, 5) is 191. The van der Waals surface area contributed by atoms with Crippen molar-refractivity contribution in [2.45, 2.75) is 155 Å². The number of nitrogens with two attached hydrogens (primary N) is 2. The molecule has 50 nitrogen and oxygen atoms in total. The van der Waals surface area contributed by atoms with Crippen LogP contribution in [0.5, 0.6) is 0 Å². The Balaban J connectivity index is 0.000000529. The molecule has 20 N–H and O–H groups in total. The number of unbranched alkanes of at least 4 members (excludes halogenated alkanes) is 1. The molecular weight excluding hydrogens is 1670 g/mol. The number of nitrogens with one attached hydrogen (secondary N) is 4. The summed E-state index contributed by atoms with van der Waals surface area (Å²) < 4.78 is 124. The summed E-state index contributed by atoms with van der Waals surface area (Å²) in [7, 11) is -32.7. The van der Waals surface area contributed by atoms with Gasteiger partial charge in [0, 0.05) is 81.1 Å². The highest BCUT2D eigenvalue weighted by atomic mass is 32.2. The smallest absolute Gasteiger partial charge is 0.386 e. The Morgan fingerprint density at radius 3 is 1.27 bits per heavy atom. The lowest BCUT2D eigenvalue weighted by Crippen LogP contribution is -2.46. The molecule has 0 saturated carbocycles. The van der Waals surface area contributed by atoms with E-state index in [0.717, 1.165) is 83.4 Å². The number of phosphoric ester groups is 6. The molecule has 2 fully saturated rings. The first-order valence-corrected chi connectivity index (χ1v) is 43.8. The number of carbonyl (C=O) groups excluding carboxylic acids is 8. The number of ether oxygens (including phenoxy) is 2. The summed E-state index contributed by atoms with van der Waals surface area (Å²) in [6.07, 6.45) is -9.24. The highest BCUT2D eigenvalue weighted by molar-refractivity contribution is 8.13. The van der Waals surface area contributed by atoms with E-state index in [1.807, 2.05) is 13.8 Å². The standard InChI is InChI=1S/C25H42N7O17P3S.C23H38N7O17P3S.C4H8O.C2H4O/c1-4-5-16(34)53-9-8-27-15(33)6-7-28-23(37)20(36)25(2,3)11-46-52(43,44)49-51(41,42)45-10-14-19(48-50(38,39)40)18(35)24(47-14)32-13-31-17-21(26)29-12-30-22(17)32;1-12(31)51-7-6-25-14(32)4-5-26-21(35)18(34)23(2,3)9-44-50(41,42)47-49(39,40)43-8-13-17(46-48(36,37)38)16(33)22(45-13)30-11-29-15-19(24)27-10-28-20(15)30;1-2-3-4-5;1-2-3/h12-14,18-20,24,35-36H,4-11H2,1-3H3,(H,27,33)(H,28,37)(H,41,42)(H,43,44)(H2,26,29,30)(H2,38,39,40);10-11,13,16-18,22,33-34H,4-9H2,1-3H3,(H,25,32)(H,26,35)(H,39,40)(H,41,42)(H2,24,27,28)(H2,36,37,38);4H,2-3H2,1H3;2H,1H3/t14-,18-,19-,20+,24-;13-,16-,17-,18+,22-;;/m11../s1. The van der Waals surface area contributed by atoms with Gasteiger partial charge in [0.05, 0.1) is 39.1 Å². The van der Waals surface area contributed by atoms with Crippen LogP contribution in [0.3, 0.4) is 0 Å². The molecule has 4 unspecified atom stereocenters. The Kier molecular flexibility index (Phi) is 41.2. The number of nitrogens with zero attached hydrogens (tertiary/aromatic N) is 8. The van der Waals surface area contributed by atoms with Crippen molar-refractivity contribution in [3.05, 3.63) is 25.3 Å². The van der Waals surface area contributed by atoms with Crippen molar-refractivity contribution in [2.75, 3.05) is 75.6 Å². The van der Waals surface area contributed by atoms with Crippen molar-refractivity contribution in [3.8, 4) is 0 Å². The van der Waals surface area contributed by atoms with E-state index in [1.165, 1.54) is 41.5 Å². The molecule has 4 amide bonds. The molecule has 0 radical (unpaired) electrons. The maximum Gasteiger partial charge on any atom is 0.481 e. The molecule has 0 bridgehead atoms. The third kappa shape index (κ3) is 34.7. The summed E-state index contributed by atoms with van der Waals surface area (Å²) in [5, 5.41) is 52.3. The summed E-state index contributed by atoms with van der Waals surface area (Å²) >= 11 is 2.12. The minimum absolute atomic E-state index is 0.0127. The Morgan fingerprint density at radius 1 is 0.571 bits per heavy atom. The maximum atomic E-state index is 12.6. The van der Waals surface area contributed by atoms with Crippen LogP contribution in [0.1, 0.15) is 106 Å². The van der Waals surface area contributed by atoms with E-state index in [-0.39, 0.29) is 83.2 Å². The molecule has 4 aromatic heterocycles. The van der Waals surface area contributed by atoms with E-state index in [4.69, 9.17) is 43.8 Å². The number of hydrogen-bond acceptors (Lipinski definition) is 38. The fraction of sp³-hybridized carbons (Fsp3) is 0.667. The molecule has 14 atom stereocenters. The molecule has 0 aliphatic carbocycles. The molecule has 2 saturated heterocycles. The number of amides is 4. The normalized spacial score (nSPS) is 21.2. The maximum absolute atomic E-state index is 12.6. The lowest BCUT2D eigenvalue weighted by atomic mass is 9.87. The average molecular weight is 1760 g/mol. The number of anilines is 2. The number of thioether (sulfide) groups is 2. The largest absolute Gasteiger partial charge is 0.481 e. The van der Waals surface area contributed by atoms with Gasteiger partial charge in [-0.2, -0.15) is 8.62 Å². The van der Waals surface area contributed by atoms with E-state index in [1.54, 1.807) is 0 Å². The number of nitrogen functional groups attached to an aromatic ring is 2. The summed E-state index contributed by atoms with van der Waals surface area (Å²) in [5.74, 6) is -2.14. The van der Waals surface area contributed by atoms with Gasteiger partial charge in [-0.3, -0.25) is 65.0 Å². The molecule has 2 aliphatic rings. The molecule has 6 heterocycles. The Hall–Kier alpha value is -5.54. The van der Waals surface area contributed by atoms with Gasteiger partial charge in [0.2, 0.25) is 23.6 Å². The number of aromatic nitrogens is 8. The summed E-state index contributed by atoms with van der Waals surface area (Å²) in [6.45, 7) is 7.74. The number of fused-ring (bicyclic) bond motifs is 2. The van der Waals surface area contributed by atoms with Crippen LogP contribution < -0.4 is 32.7 Å². The van der Waals surface area contributed by atoms with Crippen LogP contribution in [0.4, 0.5) is 11.6 Å². The molecule has 4 aromatic rings. The number of aliphatic hydroxyl groups excluding tert-OH is 4. The number of aldehydes is 2. The van der Waals surface area contributed by atoms with Gasteiger partial charge < -0.3 is 111 Å². The van der Waals surface area contributed by atoms with Crippen LogP contribution in [0.15, 0.2) is 25.3 Å². The van der Waals surface area contributed by atoms with E-state index in [2.05, 4.69) is 68.8 Å². The Labute approximate surface area is 645 Å². The SMILES string of the molecule is CC(=O)SCCNC(=O)CCNC(=O)[C@H](O)C(C)(C)COP(=O)(O)OP(=O)(O)OC[C@H]1O[C@@H](n2cnc3c(N)ncnc32)[C@H](O)[C@@H]1OP(=O)(O)O.CC=O.CCCC(=O)SCCNC(=O)CCNC(=O)[C@H](O)C(C)(C)COP(=O)(O)OP(=O)(O)OC[C@H]1O[C@@H](n2cnc3c(N)ncnc32)[C@H](O)[C@@H]1OP(=O)(O)O.CCCC=O. The lowest BCUT2D eigenvalue weighted by Gasteiger charge is -2.30. The number of aliphatic hydroxyl groups is 4. The van der Waals surface area contributed by atoms with E-state index in [9.17, 15) is 121 Å². The predicted molar refractivity (Wildman–Crippen MR) is 387 cm³/mol. The van der Waals surface area contributed by atoms with Gasteiger partial charge in [-0.1, -0.05) is 65.1 Å². The van der Waals surface area contributed by atoms with Crippen molar-refractivity contribution in [1.82, 2.24) is 60.3 Å². The molecule has 0 spiro atoms. The van der Waals surface area contributed by atoms with Gasteiger partial charge in [-0.05, 0) is 19.8 Å². The monoisotopic (exact) mass is 1760 g/mol. The molecule has 0 aromatic carbocycles. The molecule has 112 heavy (non-hydrogen) atoms. The molecule has 58 heteroatoms. The highest BCUT2D eigenvalue weighted by Gasteiger charge is 2.53. The molecule has 6 rings (SSSR count). The number of hydrogen-bond donors (Lipinski definition) is 18. The number of imidazole rings is 2. The second-order valence-electron chi connectivity index (χ2n) is 24.6. The van der Waals surface area contributed by atoms with Crippen molar-refractivity contribution in [2.24, 2.45) is 10.8 Å². The van der Waals surface area contributed by atoms with Crippen LogP contribution in [0.2, 0.25) is 0 Å². The Bertz CT molecular complexity index is 4100.